The first kappa shape index (κ1) is 20.4. The van der Waals surface area contributed by atoms with Gasteiger partial charge in [0.05, 0.1) is 12.2 Å². The van der Waals surface area contributed by atoms with Crippen molar-refractivity contribution >= 4 is 18.3 Å². The number of halogens is 1. The zero-order valence-corrected chi connectivity index (χ0v) is 16.4. The van der Waals surface area contributed by atoms with E-state index >= 15 is 0 Å². The number of pyridine rings is 1. The Hall–Kier alpha value is -1.96. The average molecular weight is 379 g/mol. The van der Waals surface area contributed by atoms with E-state index < -0.39 is 0 Å². The molecule has 26 heavy (non-hydrogen) atoms. The van der Waals surface area contributed by atoms with E-state index in [0.29, 0.717) is 13.1 Å². The molecule has 8 heteroatoms. The lowest BCUT2D eigenvalue weighted by Gasteiger charge is -2.29. The fourth-order valence-corrected chi connectivity index (χ4v) is 3.18. The van der Waals surface area contributed by atoms with Crippen LogP contribution in [0.2, 0.25) is 0 Å². The molecule has 0 aromatic carbocycles. The number of carbonyl (C=O) groups excluding carboxylic acids is 1. The van der Waals surface area contributed by atoms with Crippen LogP contribution in [0.1, 0.15) is 17.0 Å². The van der Waals surface area contributed by atoms with Gasteiger partial charge in [-0.25, -0.2) is 9.67 Å². The van der Waals surface area contributed by atoms with Crippen LogP contribution < -0.4 is 5.32 Å². The number of aryl methyl sites for hydroxylation is 1. The molecule has 0 saturated carbocycles. The molecule has 0 unspecified atom stereocenters. The normalized spacial score (nSPS) is 14.4. The smallest absolute Gasteiger partial charge is 0.236 e. The summed E-state index contributed by atoms with van der Waals surface area (Å²) in [4.78, 5) is 20.8. The molecule has 0 aliphatic carbocycles. The quantitative estimate of drug-likeness (QED) is 0.846. The number of nitrogens with one attached hydrogen (secondary N) is 1. The monoisotopic (exact) mass is 378 g/mol. The van der Waals surface area contributed by atoms with Gasteiger partial charge in [0, 0.05) is 50.2 Å². The molecule has 1 N–H and O–H groups in total. The van der Waals surface area contributed by atoms with Crippen LogP contribution in [-0.2, 0) is 11.3 Å². The lowest BCUT2D eigenvalue weighted by molar-refractivity contribution is -0.132. The summed E-state index contributed by atoms with van der Waals surface area (Å²) < 4.78 is 1.87. The highest BCUT2D eigenvalue weighted by Crippen LogP contribution is 2.18. The van der Waals surface area contributed by atoms with Gasteiger partial charge in [-0.05, 0) is 33.0 Å². The molecule has 3 heterocycles. The molecule has 1 fully saturated rings. The predicted octanol–water partition coefficient (Wildman–Crippen LogP) is 1.17. The van der Waals surface area contributed by atoms with Gasteiger partial charge in [-0.1, -0.05) is 6.07 Å². The summed E-state index contributed by atoms with van der Waals surface area (Å²) in [6.45, 7) is 8.53. The maximum Gasteiger partial charge on any atom is 0.236 e. The maximum atomic E-state index is 12.4. The summed E-state index contributed by atoms with van der Waals surface area (Å²) in [5.74, 6) is 1.00. The predicted molar refractivity (Wildman–Crippen MR) is 104 cm³/mol. The van der Waals surface area contributed by atoms with E-state index in [1.54, 1.807) is 6.20 Å². The number of carbonyl (C=O) groups is 1. The van der Waals surface area contributed by atoms with Crippen LogP contribution in [0.4, 0.5) is 0 Å². The Kier molecular flexibility index (Phi) is 7.14. The first-order chi connectivity index (χ1) is 12.1. The van der Waals surface area contributed by atoms with Crippen LogP contribution >= 0.6 is 12.4 Å². The first-order valence-electron chi connectivity index (χ1n) is 8.70. The molecule has 3 rings (SSSR count). The van der Waals surface area contributed by atoms with Gasteiger partial charge in [0.1, 0.15) is 0 Å². The fraction of sp³-hybridized carbons (Fsp3) is 0.500. The molecule has 1 aliphatic heterocycles. The summed E-state index contributed by atoms with van der Waals surface area (Å²) in [5, 5.41) is 7.90. The topological polar surface area (TPSA) is 66.3 Å². The number of rotatable bonds is 5. The molecule has 2 aromatic rings. The van der Waals surface area contributed by atoms with Gasteiger partial charge < -0.3 is 10.2 Å². The second-order valence-electron chi connectivity index (χ2n) is 6.55. The minimum atomic E-state index is 0. The Balaban J connectivity index is 0.00000243. The van der Waals surface area contributed by atoms with Crippen LogP contribution in [0.15, 0.2) is 24.4 Å². The van der Waals surface area contributed by atoms with Crippen molar-refractivity contribution in [1.29, 1.82) is 0 Å². The average Bonchev–Trinajstić information content (AvgIpc) is 2.91. The van der Waals surface area contributed by atoms with Crippen LogP contribution in [0.3, 0.4) is 0 Å². The second-order valence-corrected chi connectivity index (χ2v) is 6.55. The molecule has 2 aromatic heterocycles. The number of aromatic nitrogens is 3. The number of amides is 1. The highest BCUT2D eigenvalue weighted by molar-refractivity contribution is 5.85. The molecule has 0 radical (unpaired) electrons. The molecule has 1 aliphatic rings. The molecule has 7 nitrogen and oxygen atoms in total. The summed E-state index contributed by atoms with van der Waals surface area (Å²) in [5.41, 5.74) is 3.20. The van der Waals surface area contributed by atoms with Crippen molar-refractivity contribution in [3.8, 4) is 5.82 Å². The summed E-state index contributed by atoms with van der Waals surface area (Å²) in [6.07, 6.45) is 1.77. The zero-order chi connectivity index (χ0) is 17.8. The van der Waals surface area contributed by atoms with Crippen molar-refractivity contribution in [3.63, 3.8) is 0 Å². The number of likely N-dealkylation sites (N-methyl/N-ethyl adjacent to an activating group) is 1. The van der Waals surface area contributed by atoms with Crippen molar-refractivity contribution in [2.45, 2.75) is 20.4 Å². The highest BCUT2D eigenvalue weighted by Gasteiger charge is 2.20. The molecular formula is C18H27ClN6O. The van der Waals surface area contributed by atoms with Crippen LogP contribution in [0.5, 0.6) is 0 Å². The highest BCUT2D eigenvalue weighted by atomic mass is 35.5. The zero-order valence-electron chi connectivity index (χ0n) is 15.6. The van der Waals surface area contributed by atoms with E-state index in [0.717, 1.165) is 48.9 Å². The molecule has 1 saturated heterocycles. The third-order valence-electron chi connectivity index (χ3n) is 4.61. The Morgan fingerprint density at radius 3 is 2.65 bits per heavy atom. The summed E-state index contributed by atoms with van der Waals surface area (Å²) in [7, 11) is 1.98. The SMILES string of the molecule is Cc1nn(-c2ccccn2)c(C)c1CN(C)CC(=O)N1CCNCC1.Cl. The number of piperazine rings is 1. The molecule has 0 atom stereocenters. The van der Waals surface area contributed by atoms with Crippen LogP contribution in [0.25, 0.3) is 5.82 Å². The Bertz CT molecular complexity index is 727. The Labute approximate surface area is 160 Å². The van der Waals surface area contributed by atoms with Crippen LogP contribution in [0, 0.1) is 13.8 Å². The van der Waals surface area contributed by atoms with Crippen LogP contribution in [-0.4, -0.2) is 70.2 Å². The van der Waals surface area contributed by atoms with E-state index in [1.165, 1.54) is 0 Å². The summed E-state index contributed by atoms with van der Waals surface area (Å²) >= 11 is 0. The molecule has 0 spiro atoms. The third-order valence-corrected chi connectivity index (χ3v) is 4.61. The van der Waals surface area contributed by atoms with Gasteiger partial charge in [-0.3, -0.25) is 9.69 Å². The second kappa shape index (κ2) is 9.12. The van der Waals surface area contributed by atoms with Gasteiger partial charge in [-0.2, -0.15) is 5.10 Å². The maximum absolute atomic E-state index is 12.4. The molecule has 142 valence electrons. The van der Waals surface area contributed by atoms with Crippen molar-refractivity contribution in [3.05, 3.63) is 41.3 Å². The van der Waals surface area contributed by atoms with E-state index in [9.17, 15) is 4.79 Å². The number of nitrogens with zero attached hydrogens (tertiary/aromatic N) is 5. The van der Waals surface area contributed by atoms with E-state index in [2.05, 4.69) is 27.2 Å². The Morgan fingerprint density at radius 1 is 1.27 bits per heavy atom. The minimum absolute atomic E-state index is 0. The van der Waals surface area contributed by atoms with Crippen molar-refractivity contribution in [1.82, 2.24) is 29.9 Å². The fourth-order valence-electron chi connectivity index (χ4n) is 3.18. The summed E-state index contributed by atoms with van der Waals surface area (Å²) in [6, 6.07) is 5.79. The number of hydrogen-bond acceptors (Lipinski definition) is 5. The lowest BCUT2D eigenvalue weighted by atomic mass is 10.2. The van der Waals surface area contributed by atoms with Crippen molar-refractivity contribution < 1.29 is 4.79 Å². The van der Waals surface area contributed by atoms with E-state index in [4.69, 9.17) is 0 Å². The lowest BCUT2D eigenvalue weighted by Crippen LogP contribution is -2.49. The van der Waals surface area contributed by atoms with Gasteiger partial charge in [0.2, 0.25) is 5.91 Å². The van der Waals surface area contributed by atoms with E-state index in [1.807, 2.05) is 41.8 Å². The molecule has 1 amide bonds. The Morgan fingerprint density at radius 2 is 2.00 bits per heavy atom. The van der Waals surface area contributed by atoms with Gasteiger partial charge in [0.25, 0.3) is 0 Å². The van der Waals surface area contributed by atoms with Crippen molar-refractivity contribution in [2.24, 2.45) is 0 Å². The number of hydrogen-bond donors (Lipinski definition) is 1. The standard InChI is InChI=1S/C18H26N6O.ClH/c1-14-16(15(2)24(21-14)17-6-4-5-7-20-17)12-22(3)13-18(25)23-10-8-19-9-11-23;/h4-7,19H,8-13H2,1-3H3;1H. The first-order valence-corrected chi connectivity index (χ1v) is 8.70. The van der Waals surface area contributed by atoms with E-state index in [-0.39, 0.29) is 18.3 Å². The molecular weight excluding hydrogens is 352 g/mol. The largest absolute Gasteiger partial charge is 0.339 e. The van der Waals surface area contributed by atoms with Gasteiger partial charge >= 0.3 is 0 Å². The minimum Gasteiger partial charge on any atom is -0.339 e. The molecule has 0 bridgehead atoms. The third kappa shape index (κ3) is 4.60. The van der Waals surface area contributed by atoms with Gasteiger partial charge in [0.15, 0.2) is 5.82 Å². The van der Waals surface area contributed by atoms with Crippen molar-refractivity contribution in [2.75, 3.05) is 39.8 Å². The van der Waals surface area contributed by atoms with Gasteiger partial charge in [-0.15, -0.1) is 12.4 Å².